The quantitative estimate of drug-likeness (QED) is 0.595. The minimum atomic E-state index is -0.373. The second kappa shape index (κ2) is 10.5. The van der Waals surface area contributed by atoms with Gasteiger partial charge in [0.25, 0.3) is 0 Å². The largest absolute Gasteiger partial charge is 0.333 e. The molecule has 1 aliphatic heterocycles. The second-order valence-corrected chi connectivity index (χ2v) is 7.62. The van der Waals surface area contributed by atoms with Crippen molar-refractivity contribution in [3.63, 3.8) is 0 Å². The van der Waals surface area contributed by atoms with Crippen molar-refractivity contribution < 1.29 is 19.2 Å². The van der Waals surface area contributed by atoms with Crippen molar-refractivity contribution in [2.24, 2.45) is 0 Å². The van der Waals surface area contributed by atoms with Crippen LogP contribution in [0.2, 0.25) is 10.0 Å². The Kier molecular flexibility index (Phi) is 8.28. The predicted molar refractivity (Wildman–Crippen MR) is 111 cm³/mol. The molecular formula is C19H24Cl2N4O4. The van der Waals surface area contributed by atoms with E-state index in [-0.39, 0.29) is 49.8 Å². The normalized spacial score (nSPS) is 13.8. The lowest BCUT2D eigenvalue weighted by molar-refractivity contribution is -0.135. The molecule has 1 fully saturated rings. The zero-order valence-electron chi connectivity index (χ0n) is 16.4. The van der Waals surface area contributed by atoms with Gasteiger partial charge in [-0.25, -0.2) is 4.79 Å². The highest BCUT2D eigenvalue weighted by atomic mass is 35.5. The molecule has 1 aromatic rings. The first-order valence-electron chi connectivity index (χ1n) is 9.31. The molecule has 0 bridgehead atoms. The van der Waals surface area contributed by atoms with Gasteiger partial charge in [0, 0.05) is 31.6 Å². The molecule has 10 heteroatoms. The van der Waals surface area contributed by atoms with Gasteiger partial charge in [-0.3, -0.25) is 19.3 Å². The van der Waals surface area contributed by atoms with Gasteiger partial charge in [-0.2, -0.15) is 0 Å². The first-order valence-corrected chi connectivity index (χ1v) is 10.1. The number of anilines is 1. The van der Waals surface area contributed by atoms with Crippen molar-refractivity contribution >= 4 is 52.6 Å². The van der Waals surface area contributed by atoms with Crippen LogP contribution in [0.5, 0.6) is 0 Å². The molecule has 5 amide bonds. The molecule has 29 heavy (non-hydrogen) atoms. The van der Waals surface area contributed by atoms with Gasteiger partial charge in [-0.15, -0.1) is 0 Å². The summed E-state index contributed by atoms with van der Waals surface area (Å²) in [5.74, 6) is -0.853. The number of imide groups is 1. The third-order valence-corrected chi connectivity index (χ3v) is 4.94. The highest BCUT2D eigenvalue weighted by Gasteiger charge is 2.33. The summed E-state index contributed by atoms with van der Waals surface area (Å²) in [4.78, 5) is 52.4. The van der Waals surface area contributed by atoms with Crippen LogP contribution >= 0.6 is 23.2 Å². The summed E-state index contributed by atoms with van der Waals surface area (Å²) in [5, 5.41) is 3.44. The smallest absolute Gasteiger partial charge is 0.326 e. The predicted octanol–water partition coefficient (Wildman–Crippen LogP) is 2.84. The first kappa shape index (κ1) is 23.0. The topological polar surface area (TPSA) is 90.0 Å². The Hall–Kier alpha value is -2.32. The SMILES string of the molecule is CCCN(CC(=O)Nc1ccc(Cl)cc1Cl)C(=O)CCCN1C(=O)CN(C)C1=O. The Balaban J connectivity index is 1.87. The van der Waals surface area contributed by atoms with E-state index in [4.69, 9.17) is 23.2 Å². The molecule has 0 aromatic heterocycles. The number of carbonyl (C=O) groups excluding carboxylic acids is 4. The van der Waals surface area contributed by atoms with E-state index in [0.717, 1.165) is 4.90 Å². The van der Waals surface area contributed by atoms with Crippen LogP contribution in [0.15, 0.2) is 18.2 Å². The van der Waals surface area contributed by atoms with Crippen LogP contribution in [0.3, 0.4) is 0 Å². The van der Waals surface area contributed by atoms with Crippen molar-refractivity contribution in [1.82, 2.24) is 14.7 Å². The molecule has 8 nitrogen and oxygen atoms in total. The Labute approximate surface area is 179 Å². The van der Waals surface area contributed by atoms with E-state index in [1.807, 2.05) is 6.92 Å². The second-order valence-electron chi connectivity index (χ2n) is 6.78. The molecule has 0 spiro atoms. The van der Waals surface area contributed by atoms with Crippen LogP contribution in [0.25, 0.3) is 0 Å². The standard InChI is InChI=1S/C19H24Cl2N4O4/c1-3-8-24(11-16(26)22-15-7-6-13(20)10-14(15)21)17(27)5-4-9-25-18(28)12-23(2)19(25)29/h6-7,10H,3-5,8-9,11-12H2,1-2H3,(H,22,26). The fourth-order valence-electron chi connectivity index (χ4n) is 2.95. The van der Waals surface area contributed by atoms with Crippen molar-refractivity contribution in [2.45, 2.75) is 26.2 Å². The number of nitrogens with one attached hydrogen (secondary N) is 1. The molecule has 0 atom stereocenters. The Morgan fingerprint density at radius 2 is 1.97 bits per heavy atom. The average molecular weight is 443 g/mol. The Bertz CT molecular complexity index is 802. The van der Waals surface area contributed by atoms with Gasteiger partial charge in [0.15, 0.2) is 0 Å². The van der Waals surface area contributed by atoms with E-state index in [2.05, 4.69) is 5.32 Å². The number of amides is 5. The summed E-state index contributed by atoms with van der Waals surface area (Å²) in [6.07, 6.45) is 1.17. The first-order chi connectivity index (χ1) is 13.7. The van der Waals surface area contributed by atoms with Crippen LogP contribution in [0.1, 0.15) is 26.2 Å². The summed E-state index contributed by atoms with van der Waals surface area (Å²) >= 11 is 11.9. The lowest BCUT2D eigenvalue weighted by Crippen LogP contribution is -2.39. The average Bonchev–Trinajstić information content (AvgIpc) is 2.89. The number of halogens is 2. The van der Waals surface area contributed by atoms with Gasteiger partial charge in [0.1, 0.15) is 6.54 Å². The third kappa shape index (κ3) is 6.33. The summed E-state index contributed by atoms with van der Waals surface area (Å²) in [6.45, 7) is 2.45. The molecular weight excluding hydrogens is 419 g/mol. The van der Waals surface area contributed by atoms with E-state index >= 15 is 0 Å². The number of carbonyl (C=O) groups is 4. The molecule has 1 saturated heterocycles. The van der Waals surface area contributed by atoms with Crippen LogP contribution < -0.4 is 5.32 Å². The van der Waals surface area contributed by atoms with Gasteiger partial charge >= 0.3 is 6.03 Å². The Morgan fingerprint density at radius 3 is 2.55 bits per heavy atom. The minimum Gasteiger partial charge on any atom is -0.333 e. The maximum Gasteiger partial charge on any atom is 0.326 e. The molecule has 1 aliphatic rings. The molecule has 0 saturated carbocycles. The lowest BCUT2D eigenvalue weighted by Gasteiger charge is -2.22. The zero-order valence-corrected chi connectivity index (χ0v) is 17.9. The fourth-order valence-corrected chi connectivity index (χ4v) is 3.41. The summed E-state index contributed by atoms with van der Waals surface area (Å²) in [5.41, 5.74) is 0.417. The summed E-state index contributed by atoms with van der Waals surface area (Å²) < 4.78 is 0. The fraction of sp³-hybridized carbons (Fsp3) is 0.474. The van der Waals surface area contributed by atoms with E-state index in [9.17, 15) is 19.2 Å². The third-order valence-electron chi connectivity index (χ3n) is 4.39. The van der Waals surface area contributed by atoms with Gasteiger partial charge in [0.2, 0.25) is 17.7 Å². The number of likely N-dealkylation sites (N-methyl/N-ethyl adjacent to an activating group) is 1. The lowest BCUT2D eigenvalue weighted by atomic mass is 10.2. The van der Waals surface area contributed by atoms with E-state index in [0.29, 0.717) is 35.1 Å². The van der Waals surface area contributed by atoms with Crippen molar-refractivity contribution in [2.75, 3.05) is 38.5 Å². The van der Waals surface area contributed by atoms with Crippen LogP contribution in [0.4, 0.5) is 10.5 Å². The monoisotopic (exact) mass is 442 g/mol. The van der Waals surface area contributed by atoms with Gasteiger partial charge in [0.05, 0.1) is 17.3 Å². The van der Waals surface area contributed by atoms with Crippen LogP contribution in [0, 0.1) is 0 Å². The van der Waals surface area contributed by atoms with Gasteiger partial charge in [-0.1, -0.05) is 30.1 Å². The van der Waals surface area contributed by atoms with Crippen molar-refractivity contribution in [1.29, 1.82) is 0 Å². The van der Waals surface area contributed by atoms with Crippen molar-refractivity contribution in [3.8, 4) is 0 Å². The zero-order chi connectivity index (χ0) is 21.6. The van der Waals surface area contributed by atoms with Gasteiger partial charge < -0.3 is 15.1 Å². The number of nitrogens with zero attached hydrogens (tertiary/aromatic N) is 3. The molecule has 158 valence electrons. The maximum absolute atomic E-state index is 12.5. The van der Waals surface area contributed by atoms with Gasteiger partial charge in [-0.05, 0) is 31.0 Å². The minimum absolute atomic E-state index is 0.0577. The Morgan fingerprint density at radius 1 is 1.24 bits per heavy atom. The highest BCUT2D eigenvalue weighted by molar-refractivity contribution is 6.36. The van der Waals surface area contributed by atoms with E-state index < -0.39 is 0 Å². The van der Waals surface area contributed by atoms with Crippen LogP contribution in [-0.4, -0.2) is 71.7 Å². The molecule has 0 unspecified atom stereocenters. The summed E-state index contributed by atoms with van der Waals surface area (Å²) in [6, 6.07) is 4.37. The molecule has 1 heterocycles. The number of urea groups is 1. The van der Waals surface area contributed by atoms with Crippen LogP contribution in [-0.2, 0) is 14.4 Å². The van der Waals surface area contributed by atoms with E-state index in [1.165, 1.54) is 15.9 Å². The van der Waals surface area contributed by atoms with Crippen molar-refractivity contribution in [3.05, 3.63) is 28.2 Å². The molecule has 0 radical (unpaired) electrons. The molecule has 1 aromatic carbocycles. The van der Waals surface area contributed by atoms with E-state index in [1.54, 1.807) is 19.2 Å². The molecule has 1 N–H and O–H groups in total. The molecule has 2 rings (SSSR count). The number of hydrogen-bond donors (Lipinski definition) is 1. The highest BCUT2D eigenvalue weighted by Crippen LogP contribution is 2.25. The number of benzene rings is 1. The molecule has 0 aliphatic carbocycles. The number of hydrogen-bond acceptors (Lipinski definition) is 4. The number of rotatable bonds is 9. The summed E-state index contributed by atoms with van der Waals surface area (Å²) in [7, 11) is 1.56. The maximum atomic E-state index is 12.5.